The van der Waals surface area contributed by atoms with Crippen LogP contribution in [0.2, 0.25) is 0 Å². The van der Waals surface area contributed by atoms with Crippen LogP contribution in [0.4, 0.5) is 0 Å². The molecule has 1 unspecified atom stereocenters. The number of hydrogen-bond donors (Lipinski definition) is 1. The number of unbranched alkanes of at least 4 members (excludes halogenated alkanes) is 1. The fraction of sp³-hybridized carbons (Fsp3) is 0.722. The first-order chi connectivity index (χ1) is 11.8. The summed E-state index contributed by atoms with van der Waals surface area (Å²) >= 11 is 1.29. The summed E-state index contributed by atoms with van der Waals surface area (Å²) < 4.78 is 5.83. The molecule has 1 aromatic rings. The highest BCUT2D eigenvalue weighted by Crippen LogP contribution is 2.30. The third-order valence-electron chi connectivity index (χ3n) is 4.24. The molecule has 6 nitrogen and oxygen atoms in total. The molecule has 2 atom stereocenters. The van der Waals surface area contributed by atoms with Crippen molar-refractivity contribution in [1.29, 1.82) is 0 Å². The minimum atomic E-state index is -1.04. The summed E-state index contributed by atoms with van der Waals surface area (Å²) in [5.41, 5.74) is 0.0400. The van der Waals surface area contributed by atoms with Crippen LogP contribution in [0.5, 0.6) is 0 Å². The molecule has 0 aliphatic rings. The van der Waals surface area contributed by atoms with Crippen molar-refractivity contribution in [2.24, 2.45) is 5.92 Å². The summed E-state index contributed by atoms with van der Waals surface area (Å²) in [7, 11) is 1.84. The van der Waals surface area contributed by atoms with Crippen LogP contribution in [-0.2, 0) is 9.53 Å². The molecule has 0 aliphatic carbocycles. The van der Waals surface area contributed by atoms with E-state index < -0.39 is 5.97 Å². The van der Waals surface area contributed by atoms with E-state index in [1.165, 1.54) is 16.7 Å². The van der Waals surface area contributed by atoms with Crippen LogP contribution in [0.15, 0.2) is 5.38 Å². The van der Waals surface area contributed by atoms with Gasteiger partial charge in [-0.15, -0.1) is 11.3 Å². The van der Waals surface area contributed by atoms with E-state index in [0.717, 1.165) is 12.8 Å². The van der Waals surface area contributed by atoms with E-state index in [1.807, 2.05) is 18.9 Å². The Morgan fingerprint density at radius 1 is 1.36 bits per heavy atom. The Morgan fingerprint density at radius 3 is 2.52 bits per heavy atom. The second kappa shape index (κ2) is 10.5. The molecule has 1 N–H and O–H groups in total. The molecule has 7 heteroatoms. The Hall–Kier alpha value is -1.47. The van der Waals surface area contributed by atoms with Crippen molar-refractivity contribution in [3.63, 3.8) is 0 Å². The molecule has 1 heterocycles. The lowest BCUT2D eigenvalue weighted by molar-refractivity contribution is -0.133. The van der Waals surface area contributed by atoms with Gasteiger partial charge in [0.2, 0.25) is 5.91 Å². The molecule has 0 saturated carbocycles. The Kier molecular flexibility index (Phi) is 9.06. The van der Waals surface area contributed by atoms with Crippen molar-refractivity contribution < 1.29 is 19.4 Å². The van der Waals surface area contributed by atoms with E-state index in [1.54, 1.807) is 0 Å². The molecule has 0 saturated heterocycles. The maximum atomic E-state index is 12.4. The molecule has 1 amide bonds. The number of hydrogen-bond acceptors (Lipinski definition) is 5. The van der Waals surface area contributed by atoms with E-state index in [4.69, 9.17) is 9.84 Å². The first kappa shape index (κ1) is 21.6. The Labute approximate surface area is 154 Å². The Morgan fingerprint density at radius 2 is 2.04 bits per heavy atom. The van der Waals surface area contributed by atoms with Gasteiger partial charge in [0.15, 0.2) is 5.69 Å². The van der Waals surface area contributed by atoms with Crippen LogP contribution in [0, 0.1) is 5.92 Å². The van der Waals surface area contributed by atoms with Crippen molar-refractivity contribution in [2.45, 2.75) is 65.5 Å². The van der Waals surface area contributed by atoms with Gasteiger partial charge >= 0.3 is 5.97 Å². The topological polar surface area (TPSA) is 79.7 Å². The number of nitrogens with zero attached hydrogens (tertiary/aromatic N) is 2. The highest BCUT2D eigenvalue weighted by molar-refractivity contribution is 7.09. The van der Waals surface area contributed by atoms with E-state index in [2.05, 4.69) is 25.8 Å². The summed E-state index contributed by atoms with van der Waals surface area (Å²) in [6.07, 6.45) is 2.72. The zero-order valence-electron chi connectivity index (χ0n) is 15.8. The van der Waals surface area contributed by atoms with Gasteiger partial charge in [0.05, 0.1) is 0 Å². The van der Waals surface area contributed by atoms with E-state index in [9.17, 15) is 9.59 Å². The zero-order chi connectivity index (χ0) is 19.0. The number of carbonyl (C=O) groups is 2. The lowest BCUT2D eigenvalue weighted by atomic mass is 9.96. The number of aromatic carboxylic acids is 1. The fourth-order valence-electron chi connectivity index (χ4n) is 2.76. The number of amides is 1. The number of aromatic nitrogens is 1. The van der Waals surface area contributed by atoms with Crippen LogP contribution in [0.3, 0.4) is 0 Å². The monoisotopic (exact) mass is 370 g/mol. The van der Waals surface area contributed by atoms with Crippen molar-refractivity contribution in [1.82, 2.24) is 9.88 Å². The Bertz CT molecular complexity index is 559. The number of thiazole rings is 1. The van der Waals surface area contributed by atoms with Crippen LogP contribution >= 0.6 is 11.3 Å². The van der Waals surface area contributed by atoms with Crippen molar-refractivity contribution >= 4 is 23.2 Å². The summed E-state index contributed by atoms with van der Waals surface area (Å²) in [6.45, 7) is 8.65. The average Bonchev–Trinajstić information content (AvgIpc) is 3.05. The van der Waals surface area contributed by atoms with Crippen molar-refractivity contribution in [3.05, 3.63) is 16.1 Å². The minimum absolute atomic E-state index is 0.0121. The first-order valence-electron chi connectivity index (χ1n) is 8.87. The van der Waals surface area contributed by atoms with Crippen LogP contribution in [0.1, 0.15) is 75.0 Å². The van der Waals surface area contributed by atoms with Gasteiger partial charge in [-0.05, 0) is 19.3 Å². The minimum Gasteiger partial charge on any atom is -0.476 e. The predicted octanol–water partition coefficient (Wildman–Crippen LogP) is 3.98. The maximum Gasteiger partial charge on any atom is 0.355 e. The Balaban J connectivity index is 2.93. The van der Waals surface area contributed by atoms with E-state index >= 15 is 0 Å². The number of carboxylic acids is 1. The summed E-state index contributed by atoms with van der Waals surface area (Å²) in [5.74, 6) is -0.636. The van der Waals surface area contributed by atoms with Crippen molar-refractivity contribution in [3.8, 4) is 0 Å². The second-order valence-corrected chi connectivity index (χ2v) is 7.37. The number of carbonyl (C=O) groups excluding carboxylic acids is 1. The molecule has 0 radical (unpaired) electrons. The highest BCUT2D eigenvalue weighted by atomic mass is 32.1. The molecule has 0 aliphatic heterocycles. The van der Waals surface area contributed by atoms with E-state index in [0.29, 0.717) is 24.5 Å². The fourth-order valence-corrected chi connectivity index (χ4v) is 3.61. The van der Waals surface area contributed by atoms with Gasteiger partial charge in [-0.3, -0.25) is 4.79 Å². The predicted molar refractivity (Wildman–Crippen MR) is 99.0 cm³/mol. The summed E-state index contributed by atoms with van der Waals surface area (Å²) in [5, 5.41) is 11.3. The lowest BCUT2D eigenvalue weighted by Gasteiger charge is -2.33. The molecule has 0 fully saturated rings. The molecule has 0 spiro atoms. The second-order valence-electron chi connectivity index (χ2n) is 6.48. The molecule has 142 valence electrons. The number of rotatable bonds is 11. The van der Waals surface area contributed by atoms with Gasteiger partial charge in [-0.1, -0.05) is 27.2 Å². The van der Waals surface area contributed by atoms with E-state index in [-0.39, 0.29) is 29.7 Å². The zero-order valence-corrected chi connectivity index (χ0v) is 16.6. The largest absolute Gasteiger partial charge is 0.476 e. The smallest absolute Gasteiger partial charge is 0.355 e. The van der Waals surface area contributed by atoms with Gasteiger partial charge in [0.1, 0.15) is 11.1 Å². The van der Waals surface area contributed by atoms with Crippen LogP contribution < -0.4 is 0 Å². The maximum absolute atomic E-state index is 12.4. The van der Waals surface area contributed by atoms with Gasteiger partial charge in [-0.25, -0.2) is 9.78 Å². The molecule has 25 heavy (non-hydrogen) atoms. The molecule has 0 aromatic carbocycles. The van der Waals surface area contributed by atoms with Gasteiger partial charge in [0.25, 0.3) is 0 Å². The average molecular weight is 371 g/mol. The summed E-state index contributed by atoms with van der Waals surface area (Å²) in [6, 6.07) is 0.0121. The number of carboxylic acid groups (broad SMARTS) is 1. The van der Waals surface area contributed by atoms with Gasteiger partial charge in [0, 0.05) is 37.9 Å². The third kappa shape index (κ3) is 6.40. The molecule has 1 rings (SSSR count). The molecule has 1 aromatic heterocycles. The first-order valence-corrected chi connectivity index (χ1v) is 9.75. The normalized spacial score (nSPS) is 13.7. The third-order valence-corrected chi connectivity index (χ3v) is 5.18. The van der Waals surface area contributed by atoms with Crippen LogP contribution in [0.25, 0.3) is 0 Å². The standard InChI is InChI=1S/C18H30N2O4S/c1-6-8-9-16(21)20(5)14(12(3)4)10-15(24-7-2)17-19-13(11-25-17)18(22)23/h11-12,14-15H,6-10H2,1-5H3,(H,22,23)/t14?,15-/m1/s1. The van der Waals surface area contributed by atoms with Gasteiger partial charge in [-0.2, -0.15) is 0 Å². The molecular weight excluding hydrogens is 340 g/mol. The van der Waals surface area contributed by atoms with Crippen LogP contribution in [-0.4, -0.2) is 46.6 Å². The quantitative estimate of drug-likeness (QED) is 0.637. The molecule has 0 bridgehead atoms. The number of ether oxygens (including phenoxy) is 1. The highest BCUT2D eigenvalue weighted by Gasteiger charge is 2.29. The van der Waals surface area contributed by atoms with Crippen molar-refractivity contribution in [2.75, 3.05) is 13.7 Å². The van der Waals surface area contributed by atoms with Gasteiger partial charge < -0.3 is 14.7 Å². The molecular formula is C18H30N2O4S. The summed E-state index contributed by atoms with van der Waals surface area (Å²) in [4.78, 5) is 29.5. The lowest BCUT2D eigenvalue weighted by Crippen LogP contribution is -2.41. The SMILES string of the molecule is CCCCC(=O)N(C)C(C[C@@H](OCC)c1nc(C(=O)O)cs1)C(C)C.